The number of hydrogen-bond acceptors (Lipinski definition) is 4. The average molecular weight is 284 g/mol. The Morgan fingerprint density at radius 3 is 2.50 bits per heavy atom. The lowest BCUT2D eigenvalue weighted by atomic mass is 10.1. The molecule has 0 aromatic rings. The van der Waals surface area contributed by atoms with Crippen LogP contribution in [0.4, 0.5) is 0 Å². The molecule has 7 heteroatoms. The smallest absolute Gasteiger partial charge is 0.332 e. The molecule has 0 bridgehead atoms. The number of piperazine rings is 1. The zero-order chi connectivity index (χ0) is 14.7. The highest BCUT2D eigenvalue weighted by atomic mass is 16.5. The van der Waals surface area contributed by atoms with Crippen molar-refractivity contribution in [3.8, 4) is 0 Å². The van der Waals surface area contributed by atoms with Gasteiger partial charge in [0, 0.05) is 26.2 Å². The lowest BCUT2D eigenvalue weighted by molar-refractivity contribution is -0.158. The minimum absolute atomic E-state index is 0.287. The van der Waals surface area contributed by atoms with Crippen molar-refractivity contribution in [2.24, 2.45) is 0 Å². The predicted molar refractivity (Wildman–Crippen MR) is 69.0 cm³/mol. The molecule has 20 heavy (non-hydrogen) atoms. The summed E-state index contributed by atoms with van der Waals surface area (Å²) in [7, 11) is 0. The van der Waals surface area contributed by atoms with Crippen molar-refractivity contribution in [1.29, 1.82) is 0 Å². The van der Waals surface area contributed by atoms with Crippen LogP contribution in [0.3, 0.4) is 0 Å². The number of carbonyl (C=O) groups excluding carboxylic acids is 2. The van der Waals surface area contributed by atoms with Crippen LogP contribution in [-0.4, -0.2) is 71.1 Å². The Morgan fingerprint density at radius 1 is 1.25 bits per heavy atom. The second kappa shape index (κ2) is 6.21. The molecule has 7 nitrogen and oxygen atoms in total. The van der Waals surface area contributed by atoms with E-state index >= 15 is 0 Å². The van der Waals surface area contributed by atoms with Crippen LogP contribution in [0.1, 0.15) is 26.2 Å². The van der Waals surface area contributed by atoms with E-state index in [1.54, 1.807) is 4.90 Å². The maximum Gasteiger partial charge on any atom is 0.332 e. The molecule has 2 heterocycles. The van der Waals surface area contributed by atoms with Crippen molar-refractivity contribution >= 4 is 17.8 Å². The Labute approximate surface area is 117 Å². The first kappa shape index (κ1) is 14.8. The molecule has 0 aromatic heterocycles. The van der Waals surface area contributed by atoms with Crippen LogP contribution >= 0.6 is 0 Å². The minimum Gasteiger partial charge on any atom is -0.479 e. The number of hydrogen-bond donors (Lipinski definition) is 1. The molecule has 2 aliphatic rings. The molecule has 0 aromatic carbocycles. The molecule has 2 rings (SSSR count). The summed E-state index contributed by atoms with van der Waals surface area (Å²) >= 11 is 0. The number of nitrogens with zero attached hydrogens (tertiary/aromatic N) is 2. The van der Waals surface area contributed by atoms with E-state index in [-0.39, 0.29) is 6.10 Å². The summed E-state index contributed by atoms with van der Waals surface area (Å²) in [5.41, 5.74) is 0. The van der Waals surface area contributed by atoms with Gasteiger partial charge in [-0.15, -0.1) is 0 Å². The van der Waals surface area contributed by atoms with E-state index in [0.29, 0.717) is 39.0 Å². The van der Waals surface area contributed by atoms with Crippen LogP contribution in [0, 0.1) is 0 Å². The highest BCUT2D eigenvalue weighted by Crippen LogP contribution is 2.21. The molecule has 2 fully saturated rings. The van der Waals surface area contributed by atoms with Crippen molar-refractivity contribution in [1.82, 2.24) is 9.80 Å². The molecule has 2 unspecified atom stereocenters. The zero-order valence-corrected chi connectivity index (χ0v) is 11.6. The third-order valence-electron chi connectivity index (χ3n) is 3.70. The van der Waals surface area contributed by atoms with Gasteiger partial charge in [-0.05, 0) is 19.3 Å². The molecule has 0 radical (unpaired) electrons. The van der Waals surface area contributed by atoms with Crippen LogP contribution in [0.15, 0.2) is 0 Å². The summed E-state index contributed by atoms with van der Waals surface area (Å²) in [6, 6.07) is 0. The highest BCUT2D eigenvalue weighted by Gasteiger charge is 2.36. The fraction of sp³-hybridized carbons (Fsp3) is 0.769. The Bertz CT molecular complexity index is 412. The van der Waals surface area contributed by atoms with Gasteiger partial charge in [0.25, 0.3) is 0 Å². The fourth-order valence-electron chi connectivity index (χ4n) is 2.64. The van der Waals surface area contributed by atoms with Crippen LogP contribution in [-0.2, 0) is 19.1 Å². The monoisotopic (exact) mass is 284 g/mol. The van der Waals surface area contributed by atoms with Crippen molar-refractivity contribution < 1.29 is 24.2 Å². The van der Waals surface area contributed by atoms with Gasteiger partial charge in [0.05, 0.1) is 6.10 Å². The van der Waals surface area contributed by atoms with Gasteiger partial charge in [0.2, 0.25) is 0 Å². The van der Waals surface area contributed by atoms with Gasteiger partial charge in [0.1, 0.15) is 0 Å². The van der Waals surface area contributed by atoms with Crippen molar-refractivity contribution in [2.75, 3.05) is 26.2 Å². The first-order chi connectivity index (χ1) is 9.52. The summed E-state index contributed by atoms with van der Waals surface area (Å²) in [6.07, 6.45) is 0.814. The molecular weight excluding hydrogens is 264 g/mol. The molecule has 0 saturated carbocycles. The van der Waals surface area contributed by atoms with E-state index < -0.39 is 23.9 Å². The normalized spacial score (nSPS) is 27.2. The molecule has 2 amide bonds. The molecule has 2 atom stereocenters. The summed E-state index contributed by atoms with van der Waals surface area (Å²) < 4.78 is 5.37. The third-order valence-corrected chi connectivity index (χ3v) is 3.70. The largest absolute Gasteiger partial charge is 0.479 e. The summed E-state index contributed by atoms with van der Waals surface area (Å²) in [5.74, 6) is -1.94. The quantitative estimate of drug-likeness (QED) is 0.700. The van der Waals surface area contributed by atoms with Crippen LogP contribution < -0.4 is 0 Å². The van der Waals surface area contributed by atoms with E-state index in [1.807, 2.05) is 6.92 Å². The number of carbonyl (C=O) groups is 3. The Hall–Kier alpha value is -1.63. The Kier molecular flexibility index (Phi) is 4.59. The Balaban J connectivity index is 1.87. The number of carboxylic acids is 1. The van der Waals surface area contributed by atoms with Crippen molar-refractivity contribution in [3.63, 3.8) is 0 Å². The van der Waals surface area contributed by atoms with Crippen LogP contribution in [0.2, 0.25) is 0 Å². The summed E-state index contributed by atoms with van der Waals surface area (Å²) in [6.45, 7) is 3.88. The minimum atomic E-state index is -0.970. The Morgan fingerprint density at radius 2 is 1.90 bits per heavy atom. The second-order valence-corrected chi connectivity index (χ2v) is 5.21. The fourth-order valence-corrected chi connectivity index (χ4v) is 2.64. The van der Waals surface area contributed by atoms with Gasteiger partial charge in [-0.2, -0.15) is 0 Å². The van der Waals surface area contributed by atoms with Gasteiger partial charge in [0.15, 0.2) is 6.10 Å². The van der Waals surface area contributed by atoms with E-state index in [2.05, 4.69) is 0 Å². The second-order valence-electron chi connectivity index (χ2n) is 5.21. The van der Waals surface area contributed by atoms with Gasteiger partial charge < -0.3 is 19.6 Å². The number of ether oxygens (including phenoxy) is 1. The number of amides is 2. The number of aliphatic carboxylic acids is 1. The van der Waals surface area contributed by atoms with E-state index in [1.165, 1.54) is 4.90 Å². The van der Waals surface area contributed by atoms with E-state index in [9.17, 15) is 14.4 Å². The maximum atomic E-state index is 12.0. The van der Waals surface area contributed by atoms with E-state index in [4.69, 9.17) is 9.84 Å². The lowest BCUT2D eigenvalue weighted by Crippen LogP contribution is -2.55. The van der Waals surface area contributed by atoms with Crippen LogP contribution in [0.5, 0.6) is 0 Å². The molecular formula is C13H20N2O5. The molecule has 112 valence electrons. The molecule has 2 saturated heterocycles. The molecule has 1 N–H and O–H groups in total. The zero-order valence-electron chi connectivity index (χ0n) is 11.6. The van der Waals surface area contributed by atoms with Crippen LogP contribution in [0.25, 0.3) is 0 Å². The third kappa shape index (κ3) is 3.09. The first-order valence-corrected chi connectivity index (χ1v) is 6.99. The van der Waals surface area contributed by atoms with Gasteiger partial charge >= 0.3 is 17.8 Å². The number of carboxylic acid groups (broad SMARTS) is 1. The summed E-state index contributed by atoms with van der Waals surface area (Å²) in [4.78, 5) is 37.7. The van der Waals surface area contributed by atoms with Gasteiger partial charge in [-0.25, -0.2) is 4.79 Å². The average Bonchev–Trinajstić information content (AvgIpc) is 2.87. The first-order valence-electron chi connectivity index (χ1n) is 6.99. The molecule has 0 aliphatic carbocycles. The molecule has 2 aliphatic heterocycles. The maximum absolute atomic E-state index is 12.0. The van der Waals surface area contributed by atoms with Crippen molar-refractivity contribution in [2.45, 2.75) is 38.4 Å². The van der Waals surface area contributed by atoms with E-state index in [0.717, 1.165) is 6.42 Å². The SMILES string of the molecule is CCCN1CCN(CC2CCC(C(=O)O)O2)C(=O)C1=O. The van der Waals surface area contributed by atoms with Crippen molar-refractivity contribution in [3.05, 3.63) is 0 Å². The number of rotatable bonds is 5. The summed E-state index contributed by atoms with van der Waals surface area (Å²) in [5, 5.41) is 8.86. The predicted octanol–water partition coefficient (Wildman–Crippen LogP) is -0.301. The molecule has 0 spiro atoms. The standard InChI is InChI=1S/C13H20N2O5/c1-2-5-14-6-7-15(12(17)11(14)16)8-9-3-4-10(20-9)13(18)19/h9-10H,2-8H2,1H3,(H,18,19). The van der Waals surface area contributed by atoms with Gasteiger partial charge in [-0.1, -0.05) is 6.92 Å². The lowest BCUT2D eigenvalue weighted by Gasteiger charge is -2.34. The van der Waals surface area contributed by atoms with Gasteiger partial charge in [-0.3, -0.25) is 9.59 Å². The topological polar surface area (TPSA) is 87.2 Å². The highest BCUT2D eigenvalue weighted by molar-refractivity contribution is 6.35.